The number of benzene rings is 1. The van der Waals surface area contributed by atoms with Gasteiger partial charge in [-0.2, -0.15) is 0 Å². The Morgan fingerprint density at radius 1 is 1.17 bits per heavy atom. The van der Waals surface area contributed by atoms with Crippen LogP contribution in [0.3, 0.4) is 0 Å². The molecule has 1 saturated heterocycles. The predicted molar refractivity (Wildman–Crippen MR) is 131 cm³/mol. The molecule has 1 saturated carbocycles. The number of aromatic nitrogens is 1. The quantitative estimate of drug-likeness (QED) is 0.533. The van der Waals surface area contributed by atoms with Gasteiger partial charge in [0.1, 0.15) is 6.54 Å². The number of anilines is 1. The van der Waals surface area contributed by atoms with Gasteiger partial charge >= 0.3 is 5.97 Å². The molecule has 186 valence electrons. The van der Waals surface area contributed by atoms with Crippen molar-refractivity contribution in [3.8, 4) is 0 Å². The van der Waals surface area contributed by atoms with Crippen molar-refractivity contribution >= 4 is 40.2 Å². The molecule has 2 heterocycles. The van der Waals surface area contributed by atoms with Crippen LogP contribution in [0.5, 0.6) is 0 Å². The summed E-state index contributed by atoms with van der Waals surface area (Å²) >= 11 is 1.24. The van der Waals surface area contributed by atoms with Gasteiger partial charge in [-0.3, -0.25) is 19.2 Å². The summed E-state index contributed by atoms with van der Waals surface area (Å²) in [5, 5.41) is 4.90. The molecule has 1 aliphatic carbocycles. The largest absolute Gasteiger partial charge is 0.466 e. The second-order valence-electron chi connectivity index (χ2n) is 8.83. The second kappa shape index (κ2) is 11.4. The number of nitrogens with zero attached hydrogens (tertiary/aromatic N) is 3. The van der Waals surface area contributed by atoms with Crippen molar-refractivity contribution in [2.75, 3.05) is 31.6 Å². The lowest BCUT2D eigenvalue weighted by molar-refractivity contribution is -0.151. The third-order valence-electron chi connectivity index (χ3n) is 6.11. The molecule has 1 aromatic carbocycles. The minimum atomic E-state index is -0.318. The number of nitrogens with one attached hydrogen (secondary N) is 1. The SMILES string of the molecule is CCOC(=O)C1CCCN(C(=O)Cc2csc(NC(=O)CN(C(=O)c3ccccc3)C3CC3)n2)C1. The fourth-order valence-corrected chi connectivity index (χ4v) is 4.91. The molecule has 10 heteroatoms. The van der Waals surface area contributed by atoms with E-state index in [4.69, 9.17) is 4.74 Å². The fraction of sp³-hybridized carbons (Fsp3) is 0.480. The van der Waals surface area contributed by atoms with Crippen LogP contribution in [0.4, 0.5) is 5.13 Å². The molecule has 0 spiro atoms. The molecule has 3 amide bonds. The molecule has 4 rings (SSSR count). The first kappa shape index (κ1) is 24.8. The molecular weight excluding hydrogens is 468 g/mol. The van der Waals surface area contributed by atoms with Gasteiger partial charge in [0.15, 0.2) is 5.13 Å². The highest BCUT2D eigenvalue weighted by Crippen LogP contribution is 2.28. The topological polar surface area (TPSA) is 109 Å². The lowest BCUT2D eigenvalue weighted by Crippen LogP contribution is -2.43. The van der Waals surface area contributed by atoms with Crippen LogP contribution >= 0.6 is 11.3 Å². The van der Waals surface area contributed by atoms with Gasteiger partial charge in [0.25, 0.3) is 5.91 Å². The normalized spacial score (nSPS) is 17.5. The van der Waals surface area contributed by atoms with Crippen LogP contribution in [-0.4, -0.2) is 70.8 Å². The first-order valence-corrected chi connectivity index (χ1v) is 12.9. The van der Waals surface area contributed by atoms with Crippen LogP contribution in [-0.2, 0) is 25.5 Å². The molecule has 2 aromatic rings. The van der Waals surface area contributed by atoms with Crippen LogP contribution in [0.1, 0.15) is 48.7 Å². The van der Waals surface area contributed by atoms with Gasteiger partial charge in [0.05, 0.1) is 24.6 Å². The maximum Gasteiger partial charge on any atom is 0.310 e. The van der Waals surface area contributed by atoms with Gasteiger partial charge in [0.2, 0.25) is 11.8 Å². The number of likely N-dealkylation sites (tertiary alicyclic amines) is 1. The Labute approximate surface area is 208 Å². The van der Waals surface area contributed by atoms with E-state index in [2.05, 4.69) is 10.3 Å². The van der Waals surface area contributed by atoms with Gasteiger partial charge in [-0.15, -0.1) is 11.3 Å². The van der Waals surface area contributed by atoms with E-state index in [1.54, 1.807) is 46.4 Å². The lowest BCUT2D eigenvalue weighted by atomic mass is 9.98. The Morgan fingerprint density at radius 2 is 1.94 bits per heavy atom. The Kier molecular flexibility index (Phi) is 8.12. The molecule has 9 nitrogen and oxygen atoms in total. The maximum atomic E-state index is 12.9. The smallest absolute Gasteiger partial charge is 0.310 e. The van der Waals surface area contributed by atoms with Gasteiger partial charge in [0, 0.05) is 30.1 Å². The van der Waals surface area contributed by atoms with Crippen molar-refractivity contribution in [1.29, 1.82) is 0 Å². The van der Waals surface area contributed by atoms with Crippen LogP contribution < -0.4 is 5.32 Å². The zero-order chi connectivity index (χ0) is 24.8. The van der Waals surface area contributed by atoms with Crippen LogP contribution in [0.15, 0.2) is 35.7 Å². The maximum absolute atomic E-state index is 12.9. The number of rotatable bonds is 9. The van der Waals surface area contributed by atoms with E-state index in [1.165, 1.54) is 11.3 Å². The number of hydrogen-bond donors (Lipinski definition) is 1. The van der Waals surface area contributed by atoms with Crippen molar-refractivity contribution in [2.24, 2.45) is 5.92 Å². The third-order valence-corrected chi connectivity index (χ3v) is 6.91. The minimum absolute atomic E-state index is 0.0464. The third kappa shape index (κ3) is 6.66. The van der Waals surface area contributed by atoms with Crippen LogP contribution in [0.2, 0.25) is 0 Å². The molecule has 0 radical (unpaired) electrons. The second-order valence-corrected chi connectivity index (χ2v) is 9.69. The molecule has 2 aliphatic rings. The summed E-state index contributed by atoms with van der Waals surface area (Å²) in [6.07, 6.45) is 3.36. The van der Waals surface area contributed by atoms with E-state index in [0.29, 0.717) is 36.1 Å². The number of ether oxygens (including phenoxy) is 1. The first-order chi connectivity index (χ1) is 16.9. The average molecular weight is 499 g/mol. The van der Waals surface area contributed by atoms with Crippen LogP contribution in [0.25, 0.3) is 0 Å². The molecule has 1 N–H and O–H groups in total. The van der Waals surface area contributed by atoms with E-state index in [1.807, 2.05) is 6.07 Å². The summed E-state index contributed by atoms with van der Waals surface area (Å²) in [5.74, 6) is -1.12. The van der Waals surface area contributed by atoms with Gasteiger partial charge in [-0.25, -0.2) is 4.98 Å². The zero-order valence-electron chi connectivity index (χ0n) is 19.8. The standard InChI is InChI=1S/C25H30N4O5S/c1-2-34-24(33)18-9-6-12-28(14-18)22(31)13-19-16-35-25(26-19)27-21(30)15-29(20-10-11-20)23(32)17-7-4-3-5-8-17/h3-5,7-8,16,18,20H,2,6,9-15H2,1H3,(H,26,27,30). The highest BCUT2D eigenvalue weighted by molar-refractivity contribution is 7.13. The summed E-state index contributed by atoms with van der Waals surface area (Å²) in [6.45, 7) is 3.02. The molecule has 0 bridgehead atoms. The summed E-state index contributed by atoms with van der Waals surface area (Å²) < 4.78 is 5.10. The number of carbonyl (C=O) groups is 4. The number of amides is 3. The van der Waals surface area contributed by atoms with Gasteiger partial charge in [-0.05, 0) is 44.7 Å². The predicted octanol–water partition coefficient (Wildman–Crippen LogP) is 2.73. The lowest BCUT2D eigenvalue weighted by Gasteiger charge is -2.31. The van der Waals surface area contributed by atoms with E-state index in [9.17, 15) is 19.2 Å². The number of hydrogen-bond acceptors (Lipinski definition) is 7. The molecule has 1 aromatic heterocycles. The highest BCUT2D eigenvalue weighted by Gasteiger charge is 2.34. The molecule has 1 atom stereocenters. The van der Waals surface area contributed by atoms with E-state index < -0.39 is 0 Å². The summed E-state index contributed by atoms with van der Waals surface area (Å²) in [6, 6.07) is 9.03. The van der Waals surface area contributed by atoms with Crippen molar-refractivity contribution in [1.82, 2.24) is 14.8 Å². The Bertz CT molecular complexity index is 1070. The zero-order valence-corrected chi connectivity index (χ0v) is 20.6. The van der Waals surface area contributed by atoms with E-state index >= 15 is 0 Å². The number of piperidine rings is 1. The van der Waals surface area contributed by atoms with Crippen molar-refractivity contribution in [2.45, 2.75) is 45.1 Å². The molecule has 1 unspecified atom stereocenters. The van der Waals surface area contributed by atoms with Gasteiger partial charge < -0.3 is 19.9 Å². The van der Waals surface area contributed by atoms with E-state index in [-0.39, 0.29) is 48.6 Å². The number of thiazole rings is 1. The number of esters is 1. The Balaban J connectivity index is 1.30. The molecule has 2 fully saturated rings. The summed E-state index contributed by atoms with van der Waals surface area (Å²) in [4.78, 5) is 58.0. The fourth-order valence-electron chi connectivity index (χ4n) is 4.18. The van der Waals surface area contributed by atoms with Crippen LogP contribution in [0, 0.1) is 5.92 Å². The highest BCUT2D eigenvalue weighted by atomic mass is 32.1. The molecule has 1 aliphatic heterocycles. The molecule has 35 heavy (non-hydrogen) atoms. The summed E-state index contributed by atoms with van der Waals surface area (Å²) in [5.41, 5.74) is 1.12. The van der Waals surface area contributed by atoms with Crippen molar-refractivity contribution in [3.63, 3.8) is 0 Å². The molecular formula is C25H30N4O5S. The first-order valence-electron chi connectivity index (χ1n) is 12.0. The number of carbonyl (C=O) groups excluding carboxylic acids is 4. The van der Waals surface area contributed by atoms with Gasteiger partial charge in [-0.1, -0.05) is 18.2 Å². The Morgan fingerprint density at radius 3 is 2.66 bits per heavy atom. The minimum Gasteiger partial charge on any atom is -0.466 e. The Hall–Kier alpha value is -3.27. The average Bonchev–Trinajstić information content (AvgIpc) is 3.63. The van der Waals surface area contributed by atoms with Crippen molar-refractivity contribution in [3.05, 3.63) is 47.0 Å². The van der Waals surface area contributed by atoms with E-state index in [0.717, 1.165) is 25.7 Å². The monoisotopic (exact) mass is 498 g/mol. The van der Waals surface area contributed by atoms with Crippen molar-refractivity contribution < 1.29 is 23.9 Å². The summed E-state index contributed by atoms with van der Waals surface area (Å²) in [7, 11) is 0.